The molecule has 3 heterocycles. The van der Waals surface area contributed by atoms with Crippen molar-refractivity contribution >= 4 is 28.5 Å². The predicted molar refractivity (Wildman–Crippen MR) is 129 cm³/mol. The monoisotopic (exact) mass is 463 g/mol. The second kappa shape index (κ2) is 9.77. The molecule has 0 bridgehead atoms. The van der Waals surface area contributed by atoms with E-state index in [4.69, 9.17) is 21.0 Å². The first-order chi connectivity index (χ1) is 16.2. The molecule has 5 rings (SSSR count). The molecule has 2 N–H and O–H groups in total. The average Bonchev–Trinajstić information content (AvgIpc) is 3.47. The van der Waals surface area contributed by atoms with E-state index in [1.54, 1.807) is 6.33 Å². The zero-order valence-electron chi connectivity index (χ0n) is 18.3. The van der Waals surface area contributed by atoms with Crippen LogP contribution in [0.2, 0.25) is 5.02 Å². The van der Waals surface area contributed by atoms with E-state index in [1.807, 2.05) is 53.1 Å². The lowest BCUT2D eigenvalue weighted by Crippen LogP contribution is -2.36. The number of nitrogens with zero attached hydrogens (tertiary/aromatic N) is 3. The Morgan fingerprint density at radius 1 is 1.15 bits per heavy atom. The van der Waals surface area contributed by atoms with Gasteiger partial charge in [-0.3, -0.25) is 9.36 Å². The van der Waals surface area contributed by atoms with E-state index >= 15 is 0 Å². The third kappa shape index (κ3) is 4.94. The van der Waals surface area contributed by atoms with E-state index in [2.05, 4.69) is 15.6 Å². The molecule has 2 aromatic heterocycles. The molecule has 0 radical (unpaired) electrons. The zero-order valence-corrected chi connectivity index (χ0v) is 19.0. The Balaban J connectivity index is 1.37. The van der Waals surface area contributed by atoms with Crippen molar-refractivity contribution in [2.75, 3.05) is 19.6 Å². The van der Waals surface area contributed by atoms with Crippen LogP contribution < -0.4 is 10.6 Å². The summed E-state index contributed by atoms with van der Waals surface area (Å²) in [7, 11) is 0. The molecular weight excluding hydrogens is 438 g/mol. The van der Waals surface area contributed by atoms with E-state index in [-0.39, 0.29) is 5.91 Å². The van der Waals surface area contributed by atoms with Crippen molar-refractivity contribution in [2.24, 2.45) is 5.92 Å². The standard InChI is InChI=1S/C25H26ClN5O2/c26-19-7-5-18(6-8-19)24-22(9-10-23(32)28-15-17-11-13-27-14-12-17)33-25(30-24)31-16-29-20-3-1-2-4-21(20)31/h1-8,16-17,27H,9-15H2,(H,28,32). The predicted octanol–water partition coefficient (Wildman–Crippen LogP) is 4.38. The van der Waals surface area contributed by atoms with Crippen LogP contribution in [0.1, 0.15) is 25.0 Å². The van der Waals surface area contributed by atoms with Crippen LogP contribution in [-0.2, 0) is 11.2 Å². The first kappa shape index (κ1) is 21.7. The number of benzene rings is 2. The Morgan fingerprint density at radius 3 is 2.76 bits per heavy atom. The maximum absolute atomic E-state index is 12.5. The van der Waals surface area contributed by atoms with Gasteiger partial charge in [0.15, 0.2) is 0 Å². The highest BCUT2D eigenvalue weighted by molar-refractivity contribution is 6.30. The van der Waals surface area contributed by atoms with E-state index in [1.165, 1.54) is 0 Å². The quantitative estimate of drug-likeness (QED) is 0.425. The number of carbonyl (C=O) groups excluding carboxylic acids is 1. The number of fused-ring (bicyclic) bond motifs is 1. The lowest BCUT2D eigenvalue weighted by molar-refractivity contribution is -0.121. The van der Waals surface area contributed by atoms with Crippen LogP contribution in [0.25, 0.3) is 28.3 Å². The average molecular weight is 464 g/mol. The Labute approximate surface area is 197 Å². The number of hydrogen-bond donors (Lipinski definition) is 2. The van der Waals surface area contributed by atoms with Crippen LogP contribution in [0.3, 0.4) is 0 Å². The van der Waals surface area contributed by atoms with E-state index < -0.39 is 0 Å². The molecule has 4 aromatic rings. The largest absolute Gasteiger partial charge is 0.427 e. The van der Waals surface area contributed by atoms with Gasteiger partial charge in [-0.1, -0.05) is 35.9 Å². The molecule has 1 aliphatic rings. The minimum Gasteiger partial charge on any atom is -0.427 e. The molecule has 33 heavy (non-hydrogen) atoms. The van der Waals surface area contributed by atoms with Crippen LogP contribution in [0.4, 0.5) is 0 Å². The van der Waals surface area contributed by atoms with Crippen molar-refractivity contribution in [1.29, 1.82) is 0 Å². The molecular formula is C25H26ClN5O2. The second-order valence-electron chi connectivity index (χ2n) is 8.38. The van der Waals surface area contributed by atoms with Crippen LogP contribution in [0.15, 0.2) is 59.3 Å². The number of para-hydroxylation sites is 2. The Morgan fingerprint density at radius 2 is 1.94 bits per heavy atom. The van der Waals surface area contributed by atoms with Gasteiger partial charge in [0.25, 0.3) is 0 Å². The number of carbonyl (C=O) groups is 1. The molecule has 0 atom stereocenters. The Bertz CT molecular complexity index is 1240. The van der Waals surface area contributed by atoms with Gasteiger partial charge >= 0.3 is 6.01 Å². The summed E-state index contributed by atoms with van der Waals surface area (Å²) in [5, 5.41) is 7.09. The number of rotatable bonds is 7. The summed E-state index contributed by atoms with van der Waals surface area (Å²) in [5.41, 5.74) is 3.38. The van der Waals surface area contributed by atoms with Gasteiger partial charge in [0, 0.05) is 30.0 Å². The van der Waals surface area contributed by atoms with E-state index in [9.17, 15) is 4.79 Å². The van der Waals surface area contributed by atoms with Crippen molar-refractivity contribution < 1.29 is 9.21 Å². The van der Waals surface area contributed by atoms with Crippen LogP contribution in [0, 0.1) is 5.92 Å². The Kier molecular flexibility index (Phi) is 6.41. The maximum atomic E-state index is 12.5. The molecule has 0 saturated carbocycles. The van der Waals surface area contributed by atoms with Gasteiger partial charge in [-0.15, -0.1) is 0 Å². The second-order valence-corrected chi connectivity index (χ2v) is 8.81. The molecule has 7 nitrogen and oxygen atoms in total. The van der Waals surface area contributed by atoms with Crippen LogP contribution >= 0.6 is 11.6 Å². The van der Waals surface area contributed by atoms with Gasteiger partial charge in [-0.05, 0) is 56.1 Å². The van der Waals surface area contributed by atoms with Crippen LogP contribution in [-0.4, -0.2) is 40.1 Å². The number of oxazole rings is 1. The third-order valence-electron chi connectivity index (χ3n) is 6.09. The first-order valence-electron chi connectivity index (χ1n) is 11.3. The minimum absolute atomic E-state index is 0.0293. The van der Waals surface area contributed by atoms with Crippen molar-refractivity contribution in [1.82, 2.24) is 25.2 Å². The highest BCUT2D eigenvalue weighted by Crippen LogP contribution is 2.29. The maximum Gasteiger partial charge on any atom is 0.308 e. The zero-order chi connectivity index (χ0) is 22.6. The van der Waals surface area contributed by atoms with Gasteiger partial charge in [0.1, 0.15) is 17.8 Å². The Hall–Kier alpha value is -3.16. The summed E-state index contributed by atoms with van der Waals surface area (Å²) >= 11 is 6.08. The molecule has 8 heteroatoms. The van der Waals surface area contributed by atoms with Gasteiger partial charge in [0.2, 0.25) is 5.91 Å². The summed E-state index contributed by atoms with van der Waals surface area (Å²) < 4.78 is 8.02. The number of nitrogens with one attached hydrogen (secondary N) is 2. The fraction of sp³-hybridized carbons (Fsp3) is 0.320. The summed E-state index contributed by atoms with van der Waals surface area (Å²) in [6.07, 6.45) is 4.70. The molecule has 1 aliphatic heterocycles. The summed E-state index contributed by atoms with van der Waals surface area (Å²) in [5.74, 6) is 1.25. The number of amides is 1. The highest BCUT2D eigenvalue weighted by Gasteiger charge is 2.19. The van der Waals surface area contributed by atoms with Gasteiger partial charge < -0.3 is 15.1 Å². The number of aromatic nitrogens is 3. The fourth-order valence-corrected chi connectivity index (χ4v) is 4.34. The first-order valence-corrected chi connectivity index (χ1v) is 11.7. The molecule has 0 spiro atoms. The molecule has 1 saturated heterocycles. The topological polar surface area (TPSA) is 85.0 Å². The molecule has 1 amide bonds. The fourth-order valence-electron chi connectivity index (χ4n) is 4.22. The van der Waals surface area contributed by atoms with Crippen molar-refractivity contribution in [2.45, 2.75) is 25.7 Å². The normalized spacial score (nSPS) is 14.6. The summed E-state index contributed by atoms with van der Waals surface area (Å²) in [4.78, 5) is 21.8. The van der Waals surface area contributed by atoms with Crippen LogP contribution in [0.5, 0.6) is 0 Å². The highest BCUT2D eigenvalue weighted by atomic mass is 35.5. The number of halogens is 1. The number of hydrogen-bond acceptors (Lipinski definition) is 5. The molecule has 170 valence electrons. The minimum atomic E-state index is 0.0293. The van der Waals surface area contributed by atoms with Crippen molar-refractivity contribution in [3.8, 4) is 17.3 Å². The van der Waals surface area contributed by atoms with Gasteiger partial charge in [-0.2, -0.15) is 4.98 Å². The molecule has 0 unspecified atom stereocenters. The number of aryl methyl sites for hydroxylation is 1. The smallest absolute Gasteiger partial charge is 0.308 e. The molecule has 2 aromatic carbocycles. The summed E-state index contributed by atoms with van der Waals surface area (Å²) in [6, 6.07) is 15.7. The van der Waals surface area contributed by atoms with E-state index in [0.29, 0.717) is 41.3 Å². The van der Waals surface area contributed by atoms with Crippen molar-refractivity contribution in [3.05, 3.63) is 65.6 Å². The molecule has 1 fully saturated rings. The summed E-state index contributed by atoms with van der Waals surface area (Å²) in [6.45, 7) is 2.77. The lowest BCUT2D eigenvalue weighted by atomic mass is 9.98. The molecule has 0 aliphatic carbocycles. The third-order valence-corrected chi connectivity index (χ3v) is 6.34. The van der Waals surface area contributed by atoms with Gasteiger partial charge in [-0.25, -0.2) is 4.98 Å². The lowest BCUT2D eigenvalue weighted by Gasteiger charge is -2.22. The van der Waals surface area contributed by atoms with Gasteiger partial charge in [0.05, 0.1) is 11.0 Å². The number of piperidine rings is 1. The number of imidazole rings is 1. The van der Waals surface area contributed by atoms with Crippen molar-refractivity contribution in [3.63, 3.8) is 0 Å². The SMILES string of the molecule is O=C(CCc1oc(-n2cnc3ccccc32)nc1-c1ccc(Cl)cc1)NCC1CCNCC1. The van der Waals surface area contributed by atoms with E-state index in [0.717, 1.165) is 49.1 Å².